The zero-order valence-corrected chi connectivity index (χ0v) is 10.1. The summed E-state index contributed by atoms with van der Waals surface area (Å²) in [6.45, 7) is 2.18. The van der Waals surface area contributed by atoms with E-state index < -0.39 is 0 Å². The van der Waals surface area contributed by atoms with Crippen LogP contribution in [0.5, 0.6) is 0 Å². The van der Waals surface area contributed by atoms with E-state index in [0.29, 0.717) is 11.8 Å². The van der Waals surface area contributed by atoms with Gasteiger partial charge in [0.1, 0.15) is 0 Å². The first kappa shape index (κ1) is 10.8. The molecular weight excluding hydrogens is 208 g/mol. The minimum Gasteiger partial charge on any atom is -0.469 e. The number of hydrogen-bond acceptors (Lipinski definition) is 3. The van der Waals surface area contributed by atoms with Gasteiger partial charge in [0.05, 0.1) is 13.0 Å². The van der Waals surface area contributed by atoms with Crippen LogP contribution in [0, 0.1) is 17.8 Å². The Kier molecular flexibility index (Phi) is 2.91. The molecule has 3 heteroatoms. The lowest BCUT2D eigenvalue weighted by molar-refractivity contribution is -0.145. The number of esters is 1. The summed E-state index contributed by atoms with van der Waals surface area (Å²) >= 11 is 1.81. The minimum absolute atomic E-state index is 0.0281. The van der Waals surface area contributed by atoms with Crippen molar-refractivity contribution in [1.82, 2.24) is 0 Å². The van der Waals surface area contributed by atoms with Crippen LogP contribution in [0.4, 0.5) is 0 Å². The summed E-state index contributed by atoms with van der Waals surface area (Å²) in [4.78, 5) is 13.0. The van der Waals surface area contributed by atoms with E-state index in [1.54, 1.807) is 0 Å². The second-order valence-corrected chi connectivity index (χ2v) is 5.04. The van der Waals surface area contributed by atoms with Crippen LogP contribution in [-0.2, 0) is 9.53 Å². The van der Waals surface area contributed by atoms with Crippen LogP contribution >= 0.6 is 11.8 Å². The number of ether oxygens (including phenoxy) is 1. The largest absolute Gasteiger partial charge is 0.469 e. The third kappa shape index (κ3) is 1.63. The molecule has 2 rings (SSSR count). The zero-order valence-electron chi connectivity index (χ0n) is 9.32. The number of carbonyl (C=O) groups excluding carboxylic acids is 1. The Morgan fingerprint density at radius 1 is 1.53 bits per heavy atom. The highest BCUT2D eigenvalue weighted by molar-refractivity contribution is 8.02. The van der Waals surface area contributed by atoms with E-state index >= 15 is 0 Å². The van der Waals surface area contributed by atoms with Gasteiger partial charge in [-0.1, -0.05) is 17.7 Å². The van der Waals surface area contributed by atoms with Gasteiger partial charge in [0, 0.05) is 5.92 Å². The first-order chi connectivity index (χ1) is 7.19. The molecule has 0 amide bonds. The third-order valence-corrected chi connectivity index (χ3v) is 4.51. The quantitative estimate of drug-likeness (QED) is 0.533. The molecule has 15 heavy (non-hydrogen) atoms. The summed E-state index contributed by atoms with van der Waals surface area (Å²) in [7, 11) is 1.47. The van der Waals surface area contributed by atoms with E-state index in [0.717, 1.165) is 6.42 Å². The van der Waals surface area contributed by atoms with Crippen LogP contribution < -0.4 is 0 Å². The molecule has 0 saturated carbocycles. The van der Waals surface area contributed by atoms with Crippen molar-refractivity contribution in [2.45, 2.75) is 13.3 Å². The average molecular weight is 224 g/mol. The molecule has 0 fully saturated rings. The second kappa shape index (κ2) is 4.05. The molecule has 0 aliphatic heterocycles. The molecule has 0 bridgehead atoms. The van der Waals surface area contributed by atoms with Crippen molar-refractivity contribution in [3.8, 4) is 0 Å². The highest BCUT2D eigenvalue weighted by Crippen LogP contribution is 2.49. The average Bonchev–Trinajstić information content (AvgIpc) is 2.78. The van der Waals surface area contributed by atoms with Crippen LogP contribution in [0.1, 0.15) is 13.3 Å². The Hall–Kier alpha value is -0.700. The molecule has 0 spiro atoms. The van der Waals surface area contributed by atoms with Crippen LogP contribution in [0.3, 0.4) is 0 Å². The van der Waals surface area contributed by atoms with Crippen molar-refractivity contribution in [3.63, 3.8) is 0 Å². The summed E-state index contributed by atoms with van der Waals surface area (Å²) in [5, 5.41) is 0. The first-order valence-electron chi connectivity index (χ1n) is 5.18. The smallest absolute Gasteiger partial charge is 0.312 e. The van der Waals surface area contributed by atoms with E-state index in [1.165, 1.54) is 17.6 Å². The number of carbonyl (C=O) groups is 1. The second-order valence-electron chi connectivity index (χ2n) is 4.14. The number of fused-ring (bicyclic) bond motifs is 1. The van der Waals surface area contributed by atoms with Gasteiger partial charge < -0.3 is 4.74 Å². The van der Waals surface area contributed by atoms with Crippen LogP contribution in [0.25, 0.3) is 0 Å². The Balaban J connectivity index is 2.18. The zero-order chi connectivity index (χ0) is 11.0. The van der Waals surface area contributed by atoms with Crippen molar-refractivity contribution in [3.05, 3.63) is 22.6 Å². The molecule has 0 radical (unpaired) electrons. The lowest BCUT2D eigenvalue weighted by Gasteiger charge is -2.17. The highest BCUT2D eigenvalue weighted by Gasteiger charge is 2.42. The van der Waals surface area contributed by atoms with E-state index in [4.69, 9.17) is 4.74 Å². The van der Waals surface area contributed by atoms with Crippen molar-refractivity contribution in [2.75, 3.05) is 13.4 Å². The fraction of sp³-hybridized carbons (Fsp3) is 0.583. The molecule has 0 aromatic carbocycles. The lowest BCUT2D eigenvalue weighted by atomic mass is 9.88. The number of methoxy groups -OCH3 is 1. The highest BCUT2D eigenvalue weighted by atomic mass is 32.2. The van der Waals surface area contributed by atoms with Crippen molar-refractivity contribution >= 4 is 17.7 Å². The third-order valence-electron chi connectivity index (χ3n) is 3.53. The predicted molar refractivity (Wildman–Crippen MR) is 62.5 cm³/mol. The molecule has 82 valence electrons. The van der Waals surface area contributed by atoms with Crippen molar-refractivity contribution in [2.24, 2.45) is 17.8 Å². The topological polar surface area (TPSA) is 26.3 Å². The molecule has 0 heterocycles. The Morgan fingerprint density at radius 2 is 2.27 bits per heavy atom. The summed E-state index contributed by atoms with van der Waals surface area (Å²) in [6, 6.07) is 0. The summed E-state index contributed by atoms with van der Waals surface area (Å²) in [6.07, 6.45) is 7.33. The van der Waals surface area contributed by atoms with Crippen LogP contribution in [-0.4, -0.2) is 19.3 Å². The van der Waals surface area contributed by atoms with Gasteiger partial charge in [0.2, 0.25) is 0 Å². The maximum absolute atomic E-state index is 11.6. The van der Waals surface area contributed by atoms with Crippen molar-refractivity contribution in [1.29, 1.82) is 0 Å². The molecule has 2 aliphatic rings. The Bertz CT molecular complexity index is 344. The summed E-state index contributed by atoms with van der Waals surface area (Å²) < 4.78 is 4.83. The summed E-state index contributed by atoms with van der Waals surface area (Å²) in [5.41, 5.74) is 1.44. The number of thioether (sulfide) groups is 1. The standard InChI is InChI=1S/C12H16O2S/c1-7-8-4-5-9(12(13)14-2)10(8)6-11(7)15-3/h4-5,8-10H,6H2,1-3H3/t8-,9-,10+/m1/s1. The fourth-order valence-electron chi connectivity index (χ4n) is 2.66. The van der Waals surface area contributed by atoms with Gasteiger partial charge in [0.25, 0.3) is 0 Å². The molecule has 0 aromatic heterocycles. The lowest BCUT2D eigenvalue weighted by Crippen LogP contribution is -2.22. The number of allylic oxidation sites excluding steroid dienone is 3. The van der Waals surface area contributed by atoms with E-state index in [1.807, 2.05) is 17.8 Å². The molecular formula is C12H16O2S. The minimum atomic E-state index is -0.0890. The Labute approximate surface area is 94.8 Å². The molecule has 0 saturated heterocycles. The number of rotatable bonds is 2. The van der Waals surface area contributed by atoms with E-state index in [2.05, 4.69) is 19.3 Å². The molecule has 0 aromatic rings. The molecule has 3 atom stereocenters. The molecule has 2 aliphatic carbocycles. The van der Waals surface area contributed by atoms with Crippen molar-refractivity contribution < 1.29 is 9.53 Å². The van der Waals surface area contributed by atoms with E-state index in [9.17, 15) is 4.79 Å². The summed E-state index contributed by atoms with van der Waals surface area (Å²) in [5.74, 6) is 0.768. The van der Waals surface area contributed by atoms with Gasteiger partial charge in [-0.25, -0.2) is 0 Å². The van der Waals surface area contributed by atoms with Gasteiger partial charge in [-0.15, -0.1) is 11.8 Å². The Morgan fingerprint density at radius 3 is 2.87 bits per heavy atom. The number of hydrogen-bond donors (Lipinski definition) is 0. The van der Waals surface area contributed by atoms with Gasteiger partial charge in [-0.05, 0) is 30.4 Å². The monoisotopic (exact) mass is 224 g/mol. The fourth-order valence-corrected chi connectivity index (χ4v) is 3.48. The van der Waals surface area contributed by atoms with Gasteiger partial charge in [-0.3, -0.25) is 4.79 Å². The predicted octanol–water partition coefficient (Wildman–Crippen LogP) is 2.62. The molecule has 2 nitrogen and oxygen atoms in total. The van der Waals surface area contributed by atoms with E-state index in [-0.39, 0.29) is 11.9 Å². The first-order valence-corrected chi connectivity index (χ1v) is 6.41. The SMILES string of the molecule is COC(=O)[C@@H]1C=C[C@@H]2C(C)=C(SC)C[C@@H]21. The molecule has 0 unspecified atom stereocenters. The van der Waals surface area contributed by atoms with Gasteiger partial charge >= 0.3 is 5.97 Å². The maximum Gasteiger partial charge on any atom is 0.312 e. The maximum atomic E-state index is 11.6. The van der Waals surface area contributed by atoms with Crippen LogP contribution in [0.15, 0.2) is 22.6 Å². The van der Waals surface area contributed by atoms with Gasteiger partial charge in [-0.2, -0.15) is 0 Å². The van der Waals surface area contributed by atoms with Gasteiger partial charge in [0.15, 0.2) is 0 Å². The molecule has 0 N–H and O–H groups in total. The van der Waals surface area contributed by atoms with Crippen LogP contribution in [0.2, 0.25) is 0 Å². The normalized spacial score (nSPS) is 33.4.